The fraction of sp³-hybridized carbons (Fsp3) is 0.640. The molecule has 2 heterocycles. The van der Waals surface area contributed by atoms with Crippen LogP contribution in [-0.2, 0) is 21.7 Å². The third kappa shape index (κ3) is 4.48. The van der Waals surface area contributed by atoms with Crippen LogP contribution >= 0.6 is 0 Å². The van der Waals surface area contributed by atoms with Gasteiger partial charge in [-0.15, -0.1) is 0 Å². The molecule has 3 atom stereocenters. The van der Waals surface area contributed by atoms with Crippen LogP contribution in [0.25, 0.3) is 0 Å². The van der Waals surface area contributed by atoms with Crippen LogP contribution in [-0.4, -0.2) is 54.8 Å². The van der Waals surface area contributed by atoms with Gasteiger partial charge in [-0.3, -0.25) is 0 Å². The van der Waals surface area contributed by atoms with Crippen molar-refractivity contribution < 1.29 is 14.6 Å². The first-order valence-electron chi connectivity index (χ1n) is 11.2. The second-order valence-corrected chi connectivity index (χ2v) is 10.0. The molecule has 0 bridgehead atoms. The number of aliphatic imine (C=N–C) groups is 1. The Morgan fingerprint density at radius 3 is 2.77 bits per heavy atom. The van der Waals surface area contributed by atoms with E-state index in [9.17, 15) is 5.11 Å². The number of hydrogen-bond donors (Lipinski definition) is 1. The van der Waals surface area contributed by atoms with Gasteiger partial charge in [-0.1, -0.05) is 35.9 Å². The Morgan fingerprint density at radius 2 is 2.03 bits per heavy atom. The third-order valence-corrected chi connectivity index (χ3v) is 6.61. The third-order valence-electron chi connectivity index (χ3n) is 6.61. The van der Waals surface area contributed by atoms with Crippen LogP contribution in [0.5, 0.6) is 0 Å². The van der Waals surface area contributed by atoms with Gasteiger partial charge >= 0.3 is 0 Å². The first kappa shape index (κ1) is 21.5. The summed E-state index contributed by atoms with van der Waals surface area (Å²) in [5.74, 6) is 0.776. The van der Waals surface area contributed by atoms with Gasteiger partial charge in [0, 0.05) is 12.3 Å². The maximum absolute atomic E-state index is 12.2. The van der Waals surface area contributed by atoms with E-state index in [0.717, 1.165) is 55.7 Å². The molecule has 1 aliphatic carbocycles. The number of ether oxygens (including phenoxy) is 2. The fourth-order valence-electron chi connectivity index (χ4n) is 5.09. The topological polar surface area (TPSA) is 54.3 Å². The van der Waals surface area contributed by atoms with E-state index in [0.29, 0.717) is 13.2 Å². The van der Waals surface area contributed by atoms with Crippen molar-refractivity contribution in [2.24, 2.45) is 10.9 Å². The van der Waals surface area contributed by atoms with Crippen molar-refractivity contribution >= 4 is 5.90 Å². The van der Waals surface area contributed by atoms with Gasteiger partial charge in [0.25, 0.3) is 0 Å². The molecule has 0 aromatic heterocycles. The van der Waals surface area contributed by atoms with Gasteiger partial charge in [-0.2, -0.15) is 0 Å². The molecular weight excluding hydrogens is 376 g/mol. The van der Waals surface area contributed by atoms with Crippen molar-refractivity contribution in [3.05, 3.63) is 47.0 Å². The highest BCUT2D eigenvalue weighted by atomic mass is 16.5. The molecule has 4 rings (SSSR count). The number of aliphatic hydroxyl groups is 1. The summed E-state index contributed by atoms with van der Waals surface area (Å²) in [6.07, 6.45) is 6.61. The molecule has 5 nitrogen and oxygen atoms in total. The average molecular weight is 413 g/mol. The maximum Gasteiger partial charge on any atom is 0.188 e. The zero-order chi connectivity index (χ0) is 21.4. The van der Waals surface area contributed by atoms with Crippen LogP contribution in [0.3, 0.4) is 0 Å². The molecule has 0 saturated carbocycles. The molecular formula is C25H36N2O3. The van der Waals surface area contributed by atoms with Crippen LogP contribution < -0.4 is 0 Å². The second kappa shape index (κ2) is 8.45. The molecule has 164 valence electrons. The molecule has 0 radical (unpaired) electrons. The second-order valence-electron chi connectivity index (χ2n) is 10.0. The van der Waals surface area contributed by atoms with E-state index in [1.165, 1.54) is 5.57 Å². The maximum atomic E-state index is 12.2. The summed E-state index contributed by atoms with van der Waals surface area (Å²) in [7, 11) is 4.17. The minimum absolute atomic E-state index is 0.0355. The fourth-order valence-corrected chi connectivity index (χ4v) is 5.09. The normalized spacial score (nSPS) is 30.1. The quantitative estimate of drug-likeness (QED) is 0.716. The SMILES string of the molecule is CN(C)CCCC1(O)c2ccccc2COC2CCC(CC3=NC(C)(C)CO3)=CC21. The lowest BCUT2D eigenvalue weighted by molar-refractivity contribution is -0.0849. The summed E-state index contributed by atoms with van der Waals surface area (Å²) in [6, 6.07) is 8.26. The molecule has 1 aromatic carbocycles. The van der Waals surface area contributed by atoms with Crippen molar-refractivity contribution in [3.8, 4) is 0 Å². The van der Waals surface area contributed by atoms with E-state index in [2.05, 4.69) is 51.1 Å². The van der Waals surface area contributed by atoms with E-state index < -0.39 is 5.60 Å². The van der Waals surface area contributed by atoms with Crippen LogP contribution in [0.15, 0.2) is 40.9 Å². The lowest BCUT2D eigenvalue weighted by Gasteiger charge is -2.40. The molecule has 0 fully saturated rings. The van der Waals surface area contributed by atoms with Gasteiger partial charge in [-0.05, 0) is 71.3 Å². The number of rotatable bonds is 6. The zero-order valence-electron chi connectivity index (χ0n) is 18.9. The Hall–Kier alpha value is -1.69. The van der Waals surface area contributed by atoms with Crippen molar-refractivity contribution in [1.82, 2.24) is 4.90 Å². The van der Waals surface area contributed by atoms with Crippen molar-refractivity contribution in [2.45, 2.75) is 69.8 Å². The molecule has 1 aromatic rings. The van der Waals surface area contributed by atoms with Gasteiger partial charge in [0.2, 0.25) is 0 Å². The standard InChI is InChI=1S/C25H36N2O3/c1-24(2)17-30-23(26-24)15-18-10-11-22-21(14-18)25(28,12-7-13-27(3)4)20-9-6-5-8-19(20)16-29-22/h5-6,8-9,14,21-22,28H,7,10-13,15-17H2,1-4H3. The van der Waals surface area contributed by atoms with E-state index in [4.69, 9.17) is 14.5 Å². The Kier molecular flexibility index (Phi) is 6.06. The van der Waals surface area contributed by atoms with Crippen LogP contribution in [0.4, 0.5) is 0 Å². The Balaban J connectivity index is 1.65. The highest BCUT2D eigenvalue weighted by Crippen LogP contribution is 2.46. The largest absolute Gasteiger partial charge is 0.478 e. The van der Waals surface area contributed by atoms with Crippen LogP contribution in [0, 0.1) is 5.92 Å². The summed E-state index contributed by atoms with van der Waals surface area (Å²) < 4.78 is 12.2. The highest BCUT2D eigenvalue weighted by Gasteiger charge is 2.46. The molecule has 0 amide bonds. The number of nitrogens with zero attached hydrogens (tertiary/aromatic N) is 2. The molecule has 2 aliphatic heterocycles. The van der Waals surface area contributed by atoms with Crippen LogP contribution in [0.2, 0.25) is 0 Å². The monoisotopic (exact) mass is 412 g/mol. The Bertz CT molecular complexity index is 829. The van der Waals surface area contributed by atoms with Crippen molar-refractivity contribution in [1.29, 1.82) is 0 Å². The molecule has 0 spiro atoms. The first-order valence-corrected chi connectivity index (χ1v) is 11.2. The highest BCUT2D eigenvalue weighted by molar-refractivity contribution is 5.80. The van der Waals surface area contributed by atoms with E-state index in [-0.39, 0.29) is 17.6 Å². The minimum Gasteiger partial charge on any atom is -0.478 e. The van der Waals surface area contributed by atoms with Crippen LogP contribution in [0.1, 0.15) is 57.1 Å². The summed E-state index contributed by atoms with van der Waals surface area (Å²) in [5.41, 5.74) is 2.40. The van der Waals surface area contributed by atoms with Crippen molar-refractivity contribution in [2.75, 3.05) is 27.2 Å². The molecule has 3 aliphatic rings. The molecule has 0 saturated heterocycles. The Morgan fingerprint density at radius 1 is 1.23 bits per heavy atom. The van der Waals surface area contributed by atoms with E-state index in [1.54, 1.807) is 0 Å². The minimum atomic E-state index is -0.920. The summed E-state index contributed by atoms with van der Waals surface area (Å²) in [6.45, 7) is 6.38. The van der Waals surface area contributed by atoms with Gasteiger partial charge in [0.1, 0.15) is 6.61 Å². The van der Waals surface area contributed by atoms with Crippen molar-refractivity contribution in [3.63, 3.8) is 0 Å². The summed E-state index contributed by atoms with van der Waals surface area (Å²) in [5, 5.41) is 12.2. The van der Waals surface area contributed by atoms with E-state index >= 15 is 0 Å². The number of fused-ring (bicyclic) bond motifs is 2. The van der Waals surface area contributed by atoms with Gasteiger partial charge in [-0.25, -0.2) is 4.99 Å². The Labute approximate surface area is 180 Å². The molecule has 3 unspecified atom stereocenters. The predicted octanol–water partition coefficient (Wildman–Crippen LogP) is 4.05. The average Bonchev–Trinajstić information content (AvgIpc) is 2.98. The number of benzene rings is 1. The predicted molar refractivity (Wildman–Crippen MR) is 120 cm³/mol. The van der Waals surface area contributed by atoms with Gasteiger partial charge in [0.05, 0.1) is 23.9 Å². The summed E-state index contributed by atoms with van der Waals surface area (Å²) >= 11 is 0. The summed E-state index contributed by atoms with van der Waals surface area (Å²) in [4.78, 5) is 6.91. The van der Waals surface area contributed by atoms with E-state index in [1.807, 2.05) is 12.1 Å². The molecule has 30 heavy (non-hydrogen) atoms. The lowest BCUT2D eigenvalue weighted by atomic mass is 9.70. The number of hydrogen-bond acceptors (Lipinski definition) is 5. The smallest absolute Gasteiger partial charge is 0.188 e. The van der Waals surface area contributed by atoms with Gasteiger partial charge in [0.15, 0.2) is 5.90 Å². The molecule has 1 N–H and O–H groups in total. The zero-order valence-corrected chi connectivity index (χ0v) is 18.9. The lowest BCUT2D eigenvalue weighted by Crippen LogP contribution is -2.42. The molecule has 5 heteroatoms. The van der Waals surface area contributed by atoms with Gasteiger partial charge < -0.3 is 19.5 Å². The first-order chi connectivity index (χ1) is 14.3.